The molecule has 2 heteroatoms. The van der Waals surface area contributed by atoms with Crippen LogP contribution in [0.1, 0.15) is 45.3 Å². The van der Waals surface area contributed by atoms with Gasteiger partial charge in [0.15, 0.2) is 0 Å². The van der Waals surface area contributed by atoms with Crippen LogP contribution in [0.5, 0.6) is 0 Å². The number of aliphatic hydroxyl groups is 1. The third kappa shape index (κ3) is 2.63. The Bertz CT molecular complexity index is 356. The third-order valence-corrected chi connectivity index (χ3v) is 3.78. The van der Waals surface area contributed by atoms with E-state index in [0.29, 0.717) is 12.0 Å². The molecule has 1 fully saturated rings. The molecular formula is C15H23NO. The maximum Gasteiger partial charge on any atom is 0.0761 e. The van der Waals surface area contributed by atoms with Crippen LogP contribution in [-0.4, -0.2) is 17.7 Å². The number of hydrogen-bond donors (Lipinski definition) is 1. The van der Waals surface area contributed by atoms with E-state index in [1.807, 2.05) is 19.1 Å². The number of nitrogens with zero attached hydrogens (tertiary/aromatic N) is 1. The van der Waals surface area contributed by atoms with E-state index < -0.39 is 0 Å². The molecule has 2 rings (SSSR count). The van der Waals surface area contributed by atoms with Crippen molar-refractivity contribution in [3.8, 4) is 0 Å². The van der Waals surface area contributed by atoms with Crippen LogP contribution in [0, 0.1) is 5.92 Å². The van der Waals surface area contributed by atoms with Gasteiger partial charge in [-0.15, -0.1) is 0 Å². The predicted octanol–water partition coefficient (Wildman–Crippen LogP) is 3.36. The summed E-state index contributed by atoms with van der Waals surface area (Å²) in [6, 6.07) is 9.03. The van der Waals surface area contributed by atoms with Crippen molar-refractivity contribution >= 4 is 5.69 Å². The molecular weight excluding hydrogens is 210 g/mol. The first-order valence-corrected chi connectivity index (χ1v) is 6.64. The summed E-state index contributed by atoms with van der Waals surface area (Å²) in [5.74, 6) is 0.703. The van der Waals surface area contributed by atoms with E-state index in [2.05, 4.69) is 30.9 Å². The zero-order valence-corrected chi connectivity index (χ0v) is 11.1. The van der Waals surface area contributed by atoms with Crippen molar-refractivity contribution in [3.63, 3.8) is 0 Å². The number of benzene rings is 1. The summed E-state index contributed by atoms with van der Waals surface area (Å²) in [4.78, 5) is 2.51. The van der Waals surface area contributed by atoms with Gasteiger partial charge in [-0.05, 0) is 43.4 Å². The van der Waals surface area contributed by atoms with Gasteiger partial charge in [0.2, 0.25) is 0 Å². The highest BCUT2D eigenvalue weighted by atomic mass is 16.3. The van der Waals surface area contributed by atoms with Crippen LogP contribution in [0.3, 0.4) is 0 Å². The first kappa shape index (κ1) is 12.4. The summed E-state index contributed by atoms with van der Waals surface area (Å²) in [5, 5.41) is 9.51. The van der Waals surface area contributed by atoms with E-state index in [1.165, 1.54) is 18.5 Å². The van der Waals surface area contributed by atoms with Crippen molar-refractivity contribution in [1.82, 2.24) is 0 Å². The molecule has 1 saturated heterocycles. The van der Waals surface area contributed by atoms with Gasteiger partial charge in [0.1, 0.15) is 0 Å². The molecule has 1 heterocycles. The fourth-order valence-corrected chi connectivity index (χ4v) is 2.75. The monoisotopic (exact) mass is 233 g/mol. The number of rotatable bonds is 3. The molecule has 0 aromatic heterocycles. The largest absolute Gasteiger partial charge is 0.389 e. The zero-order chi connectivity index (χ0) is 12.4. The van der Waals surface area contributed by atoms with Gasteiger partial charge in [-0.3, -0.25) is 0 Å². The highest BCUT2D eigenvalue weighted by Gasteiger charge is 2.26. The van der Waals surface area contributed by atoms with Crippen LogP contribution in [0.25, 0.3) is 0 Å². The second kappa shape index (κ2) is 5.09. The normalized spacial score (nSPS) is 22.2. The fraction of sp³-hybridized carbons (Fsp3) is 0.600. The molecule has 0 aliphatic carbocycles. The van der Waals surface area contributed by atoms with Gasteiger partial charge in [0, 0.05) is 18.3 Å². The summed E-state index contributed by atoms with van der Waals surface area (Å²) in [5.41, 5.74) is 2.29. The Morgan fingerprint density at radius 1 is 1.18 bits per heavy atom. The van der Waals surface area contributed by atoms with E-state index in [1.54, 1.807) is 0 Å². The molecule has 0 bridgehead atoms. The minimum absolute atomic E-state index is 0.372. The Balaban J connectivity index is 2.16. The lowest BCUT2D eigenvalue weighted by molar-refractivity contribution is 0.199. The molecule has 0 spiro atoms. The maximum absolute atomic E-state index is 9.51. The minimum Gasteiger partial charge on any atom is -0.389 e. The topological polar surface area (TPSA) is 23.5 Å². The summed E-state index contributed by atoms with van der Waals surface area (Å²) < 4.78 is 0. The Labute approximate surface area is 104 Å². The summed E-state index contributed by atoms with van der Waals surface area (Å²) in [6.07, 6.45) is 2.22. The Morgan fingerprint density at radius 3 is 2.35 bits per heavy atom. The van der Waals surface area contributed by atoms with Gasteiger partial charge in [0.25, 0.3) is 0 Å². The second-order valence-electron chi connectivity index (χ2n) is 5.41. The lowest BCUT2D eigenvalue weighted by Crippen LogP contribution is -2.33. The molecule has 17 heavy (non-hydrogen) atoms. The molecule has 0 radical (unpaired) electrons. The Hall–Kier alpha value is -1.02. The third-order valence-electron chi connectivity index (χ3n) is 3.78. The van der Waals surface area contributed by atoms with Gasteiger partial charge in [-0.25, -0.2) is 0 Å². The van der Waals surface area contributed by atoms with Crippen molar-refractivity contribution in [2.45, 2.75) is 45.8 Å². The molecule has 2 unspecified atom stereocenters. The second-order valence-corrected chi connectivity index (χ2v) is 5.41. The lowest BCUT2D eigenvalue weighted by Gasteiger charge is -2.30. The average Bonchev–Trinajstić information content (AvgIpc) is 2.78. The number of anilines is 1. The highest BCUT2D eigenvalue weighted by molar-refractivity contribution is 5.49. The first-order valence-electron chi connectivity index (χ1n) is 6.64. The van der Waals surface area contributed by atoms with Crippen molar-refractivity contribution in [2.75, 3.05) is 11.4 Å². The van der Waals surface area contributed by atoms with Crippen molar-refractivity contribution in [3.05, 3.63) is 29.8 Å². The van der Waals surface area contributed by atoms with Crippen molar-refractivity contribution in [1.29, 1.82) is 0 Å². The van der Waals surface area contributed by atoms with Crippen LogP contribution in [0.4, 0.5) is 5.69 Å². The van der Waals surface area contributed by atoms with Crippen LogP contribution >= 0.6 is 0 Å². The van der Waals surface area contributed by atoms with E-state index in [9.17, 15) is 5.11 Å². The van der Waals surface area contributed by atoms with Gasteiger partial charge >= 0.3 is 0 Å². The number of hydrogen-bond acceptors (Lipinski definition) is 2. The van der Waals surface area contributed by atoms with Crippen LogP contribution in [0.15, 0.2) is 24.3 Å². The molecule has 1 aromatic rings. The lowest BCUT2D eigenvalue weighted by atomic mass is 10.0. The van der Waals surface area contributed by atoms with E-state index in [0.717, 1.165) is 12.1 Å². The molecule has 1 aliphatic rings. The fourth-order valence-electron chi connectivity index (χ4n) is 2.75. The molecule has 0 amide bonds. The molecule has 2 nitrogen and oxygen atoms in total. The first-order chi connectivity index (χ1) is 8.09. The summed E-state index contributed by atoms with van der Waals surface area (Å²) in [6.45, 7) is 7.57. The maximum atomic E-state index is 9.51. The standard InChI is InChI=1S/C15H23NO/c1-11(2)15-5-4-10-16(15)14-8-6-13(7-9-14)12(3)17/h6-9,11-12,15,17H,4-5,10H2,1-3H3. The van der Waals surface area contributed by atoms with E-state index in [-0.39, 0.29) is 6.10 Å². The van der Waals surface area contributed by atoms with E-state index >= 15 is 0 Å². The minimum atomic E-state index is -0.372. The van der Waals surface area contributed by atoms with Crippen molar-refractivity contribution in [2.24, 2.45) is 5.92 Å². The van der Waals surface area contributed by atoms with Gasteiger partial charge in [-0.1, -0.05) is 26.0 Å². The Kier molecular flexibility index (Phi) is 3.72. The smallest absolute Gasteiger partial charge is 0.0761 e. The molecule has 1 aliphatic heterocycles. The summed E-state index contributed by atoms with van der Waals surface area (Å²) >= 11 is 0. The molecule has 1 aromatic carbocycles. The number of aliphatic hydroxyl groups excluding tert-OH is 1. The van der Waals surface area contributed by atoms with Gasteiger partial charge in [0.05, 0.1) is 6.10 Å². The zero-order valence-electron chi connectivity index (χ0n) is 11.1. The predicted molar refractivity (Wildman–Crippen MR) is 72.3 cm³/mol. The quantitative estimate of drug-likeness (QED) is 0.865. The van der Waals surface area contributed by atoms with Crippen LogP contribution in [-0.2, 0) is 0 Å². The van der Waals surface area contributed by atoms with Gasteiger partial charge in [-0.2, -0.15) is 0 Å². The van der Waals surface area contributed by atoms with Crippen molar-refractivity contribution < 1.29 is 5.11 Å². The highest BCUT2D eigenvalue weighted by Crippen LogP contribution is 2.30. The van der Waals surface area contributed by atoms with E-state index in [4.69, 9.17) is 0 Å². The van der Waals surface area contributed by atoms with Gasteiger partial charge < -0.3 is 10.0 Å². The average molecular weight is 233 g/mol. The molecule has 0 saturated carbocycles. The van der Waals surface area contributed by atoms with Crippen LogP contribution in [0.2, 0.25) is 0 Å². The SMILES string of the molecule is CC(O)c1ccc(N2CCCC2C(C)C)cc1. The Morgan fingerprint density at radius 2 is 1.82 bits per heavy atom. The molecule has 1 N–H and O–H groups in total. The molecule has 94 valence electrons. The molecule has 2 atom stereocenters. The van der Waals surface area contributed by atoms with Crippen LogP contribution < -0.4 is 4.90 Å². The summed E-state index contributed by atoms with van der Waals surface area (Å²) in [7, 11) is 0.